The summed E-state index contributed by atoms with van der Waals surface area (Å²) in [6.07, 6.45) is 2.39. The molecule has 1 atom stereocenters. The smallest absolute Gasteiger partial charge is 0.270 e. The molecule has 8 heteroatoms. The lowest BCUT2D eigenvalue weighted by Crippen LogP contribution is -2.37. The largest absolute Gasteiger partial charge is 0.485 e. The molecule has 2 N–H and O–H groups in total. The molecule has 0 aliphatic rings. The summed E-state index contributed by atoms with van der Waals surface area (Å²) in [5, 5.41) is 13.1. The molecule has 6 nitrogen and oxygen atoms in total. The number of imidazole rings is 1. The normalized spacial score (nSPS) is 12.2. The molecule has 0 saturated heterocycles. The van der Waals surface area contributed by atoms with Crippen LogP contribution < -0.4 is 10.1 Å². The number of aliphatic hydroxyl groups excluding tert-OH is 1. The van der Waals surface area contributed by atoms with E-state index in [0.29, 0.717) is 39.3 Å². The fourth-order valence-corrected chi connectivity index (χ4v) is 3.26. The number of benzene rings is 1. The fraction of sp³-hybridized carbons (Fsp3) is 0.300. The molecule has 0 spiro atoms. The van der Waals surface area contributed by atoms with E-state index in [2.05, 4.69) is 10.3 Å². The van der Waals surface area contributed by atoms with Gasteiger partial charge in [0.05, 0.1) is 28.4 Å². The molecule has 3 rings (SSSR count). The Morgan fingerprint density at radius 1 is 1.32 bits per heavy atom. The van der Waals surface area contributed by atoms with Crippen LogP contribution in [-0.2, 0) is 6.61 Å². The number of ether oxygens (including phenoxy) is 1. The lowest BCUT2D eigenvalue weighted by Gasteiger charge is -2.14. The van der Waals surface area contributed by atoms with Crippen molar-refractivity contribution >= 4 is 34.8 Å². The average Bonchev–Trinajstić information content (AvgIpc) is 3.03. The highest BCUT2D eigenvalue weighted by Gasteiger charge is 2.21. The number of aromatic nitrogens is 2. The van der Waals surface area contributed by atoms with Crippen molar-refractivity contribution in [3.05, 3.63) is 63.5 Å². The van der Waals surface area contributed by atoms with Gasteiger partial charge in [0.15, 0.2) is 11.4 Å². The standard InChI is InChI=1S/C20H21Cl2N3O3/c1-3-14(10-26)24-20(27)18-12(2)23-19-16(8-5-9-25(18)19)28-11-13-6-4-7-15(21)17(13)22/h4-9,14,26H,3,10-11H2,1-2H3,(H,24,27)/t14-/m1/s1. The minimum Gasteiger partial charge on any atom is -0.485 e. The summed E-state index contributed by atoms with van der Waals surface area (Å²) in [6.45, 7) is 3.76. The Labute approximate surface area is 173 Å². The molecule has 28 heavy (non-hydrogen) atoms. The highest BCUT2D eigenvalue weighted by Crippen LogP contribution is 2.28. The van der Waals surface area contributed by atoms with Crippen molar-refractivity contribution in [3.8, 4) is 5.75 Å². The van der Waals surface area contributed by atoms with E-state index in [9.17, 15) is 9.90 Å². The first-order valence-electron chi connectivity index (χ1n) is 8.91. The van der Waals surface area contributed by atoms with Crippen LogP contribution in [0.25, 0.3) is 5.65 Å². The first-order valence-corrected chi connectivity index (χ1v) is 9.66. The van der Waals surface area contributed by atoms with Crippen LogP contribution in [0.5, 0.6) is 5.75 Å². The molecule has 0 aliphatic carbocycles. The van der Waals surface area contributed by atoms with Gasteiger partial charge in [-0.2, -0.15) is 0 Å². The third-order valence-corrected chi connectivity index (χ3v) is 5.32. The van der Waals surface area contributed by atoms with Crippen molar-refractivity contribution in [1.29, 1.82) is 0 Å². The van der Waals surface area contributed by atoms with E-state index >= 15 is 0 Å². The van der Waals surface area contributed by atoms with E-state index in [1.807, 2.05) is 13.0 Å². The summed E-state index contributed by atoms with van der Waals surface area (Å²) >= 11 is 12.3. The van der Waals surface area contributed by atoms with E-state index in [4.69, 9.17) is 27.9 Å². The zero-order valence-electron chi connectivity index (χ0n) is 15.6. The SMILES string of the molecule is CC[C@H](CO)NC(=O)c1c(C)nc2c(OCc3cccc(Cl)c3Cl)cccn12. The second kappa shape index (κ2) is 8.82. The second-order valence-corrected chi connectivity index (χ2v) is 7.16. The zero-order valence-corrected chi connectivity index (χ0v) is 17.1. The number of rotatable bonds is 7. The molecule has 0 bridgehead atoms. The van der Waals surface area contributed by atoms with Gasteiger partial charge in [-0.05, 0) is 31.5 Å². The summed E-state index contributed by atoms with van der Waals surface area (Å²) in [6, 6.07) is 8.62. The van der Waals surface area contributed by atoms with E-state index in [1.54, 1.807) is 41.8 Å². The van der Waals surface area contributed by atoms with Crippen molar-refractivity contribution in [2.45, 2.75) is 32.9 Å². The number of nitrogens with one attached hydrogen (secondary N) is 1. The molecular weight excluding hydrogens is 401 g/mol. The van der Waals surface area contributed by atoms with Gasteiger partial charge in [-0.15, -0.1) is 0 Å². The van der Waals surface area contributed by atoms with Gasteiger partial charge in [0, 0.05) is 11.8 Å². The Balaban J connectivity index is 1.89. The number of aliphatic hydroxyl groups is 1. The molecule has 0 saturated carbocycles. The Hall–Kier alpha value is -2.28. The molecule has 0 aliphatic heterocycles. The third-order valence-electron chi connectivity index (χ3n) is 4.47. The van der Waals surface area contributed by atoms with Gasteiger partial charge in [-0.3, -0.25) is 9.20 Å². The van der Waals surface area contributed by atoms with E-state index in [-0.39, 0.29) is 25.2 Å². The fourth-order valence-electron chi connectivity index (χ4n) is 2.89. The quantitative estimate of drug-likeness (QED) is 0.603. The van der Waals surface area contributed by atoms with Crippen molar-refractivity contribution < 1.29 is 14.6 Å². The van der Waals surface area contributed by atoms with E-state index < -0.39 is 0 Å². The molecule has 3 aromatic rings. The Morgan fingerprint density at radius 3 is 2.82 bits per heavy atom. The molecular formula is C20H21Cl2N3O3. The van der Waals surface area contributed by atoms with Crippen LogP contribution in [0.15, 0.2) is 36.5 Å². The van der Waals surface area contributed by atoms with Gasteiger partial charge in [-0.25, -0.2) is 4.98 Å². The lowest BCUT2D eigenvalue weighted by molar-refractivity contribution is 0.0908. The Kier molecular flexibility index (Phi) is 6.44. The number of carbonyl (C=O) groups is 1. The van der Waals surface area contributed by atoms with Crippen LogP contribution in [0.2, 0.25) is 10.0 Å². The molecule has 0 fully saturated rings. The summed E-state index contributed by atoms with van der Waals surface area (Å²) in [7, 11) is 0. The Morgan fingerprint density at radius 2 is 2.11 bits per heavy atom. The minimum absolute atomic E-state index is 0.118. The van der Waals surface area contributed by atoms with Crippen LogP contribution in [0.4, 0.5) is 0 Å². The maximum atomic E-state index is 12.7. The van der Waals surface area contributed by atoms with Crippen molar-refractivity contribution in [1.82, 2.24) is 14.7 Å². The van der Waals surface area contributed by atoms with Gasteiger partial charge < -0.3 is 15.2 Å². The molecule has 2 aromatic heterocycles. The summed E-state index contributed by atoms with van der Waals surface area (Å²) in [4.78, 5) is 17.2. The molecule has 0 radical (unpaired) electrons. The maximum absolute atomic E-state index is 12.7. The molecule has 0 unspecified atom stereocenters. The number of hydrogen-bond acceptors (Lipinski definition) is 4. The van der Waals surface area contributed by atoms with Crippen LogP contribution in [0.3, 0.4) is 0 Å². The van der Waals surface area contributed by atoms with Crippen molar-refractivity contribution in [2.75, 3.05) is 6.61 Å². The topological polar surface area (TPSA) is 75.9 Å². The summed E-state index contributed by atoms with van der Waals surface area (Å²) in [5.41, 5.74) is 2.27. The van der Waals surface area contributed by atoms with E-state index in [1.165, 1.54) is 0 Å². The number of carbonyl (C=O) groups excluding carboxylic acids is 1. The highest BCUT2D eigenvalue weighted by molar-refractivity contribution is 6.42. The molecule has 2 heterocycles. The Bertz CT molecular complexity index is 1000. The minimum atomic E-state index is -0.304. The van der Waals surface area contributed by atoms with Crippen LogP contribution >= 0.6 is 23.2 Å². The monoisotopic (exact) mass is 421 g/mol. The number of hydrogen-bond donors (Lipinski definition) is 2. The number of amides is 1. The summed E-state index contributed by atoms with van der Waals surface area (Å²) in [5.74, 6) is 0.232. The van der Waals surface area contributed by atoms with Crippen molar-refractivity contribution in [2.24, 2.45) is 0 Å². The first kappa shape index (κ1) is 20.5. The molecule has 148 valence electrons. The molecule has 1 aromatic carbocycles. The van der Waals surface area contributed by atoms with Gasteiger partial charge in [0.1, 0.15) is 12.3 Å². The number of halogens is 2. The number of nitrogens with zero attached hydrogens (tertiary/aromatic N) is 2. The second-order valence-electron chi connectivity index (χ2n) is 6.37. The van der Waals surface area contributed by atoms with Crippen molar-refractivity contribution in [3.63, 3.8) is 0 Å². The van der Waals surface area contributed by atoms with Crippen LogP contribution in [0.1, 0.15) is 35.1 Å². The van der Waals surface area contributed by atoms with Gasteiger partial charge in [0.25, 0.3) is 5.91 Å². The van der Waals surface area contributed by atoms with Crippen LogP contribution in [0, 0.1) is 6.92 Å². The predicted molar refractivity (Wildman–Crippen MR) is 109 cm³/mol. The van der Waals surface area contributed by atoms with Gasteiger partial charge >= 0.3 is 0 Å². The third kappa shape index (κ3) is 4.09. The highest BCUT2D eigenvalue weighted by atomic mass is 35.5. The average molecular weight is 422 g/mol. The summed E-state index contributed by atoms with van der Waals surface area (Å²) < 4.78 is 7.60. The van der Waals surface area contributed by atoms with Crippen LogP contribution in [-0.4, -0.2) is 33.0 Å². The first-order chi connectivity index (χ1) is 13.5. The maximum Gasteiger partial charge on any atom is 0.270 e. The number of pyridine rings is 1. The predicted octanol–water partition coefficient (Wildman–Crippen LogP) is 4.03. The van der Waals surface area contributed by atoms with Gasteiger partial charge in [0.2, 0.25) is 0 Å². The zero-order chi connectivity index (χ0) is 20.3. The number of fused-ring (bicyclic) bond motifs is 1. The number of aryl methyl sites for hydroxylation is 1. The lowest BCUT2D eigenvalue weighted by atomic mass is 10.2. The molecule has 1 amide bonds. The van der Waals surface area contributed by atoms with E-state index in [0.717, 1.165) is 5.56 Å². The van der Waals surface area contributed by atoms with Gasteiger partial charge in [-0.1, -0.05) is 42.3 Å².